The fourth-order valence-electron chi connectivity index (χ4n) is 3.53. The lowest BCUT2D eigenvalue weighted by molar-refractivity contribution is 0.0983. The Hall–Kier alpha value is -2.58. The van der Waals surface area contributed by atoms with E-state index in [1.54, 1.807) is 24.2 Å². The average molecular weight is 367 g/mol. The SMILES string of the molecule is CO[C@@H]1CN(C(C)C)C[C@H]1Nc1nc(-c2cccnc2)nc2c1cnn2C. The van der Waals surface area contributed by atoms with Gasteiger partial charge in [0.1, 0.15) is 5.82 Å². The van der Waals surface area contributed by atoms with E-state index in [1.807, 2.05) is 25.4 Å². The van der Waals surface area contributed by atoms with Crippen LogP contribution in [0.4, 0.5) is 5.82 Å². The summed E-state index contributed by atoms with van der Waals surface area (Å²) < 4.78 is 7.50. The van der Waals surface area contributed by atoms with E-state index in [0.29, 0.717) is 11.9 Å². The third-order valence-corrected chi connectivity index (χ3v) is 5.16. The first-order chi connectivity index (χ1) is 13.1. The fraction of sp³-hybridized carbons (Fsp3) is 0.474. The van der Waals surface area contributed by atoms with E-state index >= 15 is 0 Å². The molecule has 8 heteroatoms. The smallest absolute Gasteiger partial charge is 0.165 e. The Labute approximate surface area is 158 Å². The van der Waals surface area contributed by atoms with Crippen molar-refractivity contribution in [2.45, 2.75) is 32.0 Å². The first-order valence-corrected chi connectivity index (χ1v) is 9.20. The first kappa shape index (κ1) is 17.8. The molecular weight excluding hydrogens is 342 g/mol. The van der Waals surface area contributed by atoms with Gasteiger partial charge in [0, 0.05) is 51.2 Å². The van der Waals surface area contributed by atoms with Crippen molar-refractivity contribution < 1.29 is 4.74 Å². The van der Waals surface area contributed by atoms with Crippen molar-refractivity contribution in [1.82, 2.24) is 29.6 Å². The molecule has 3 aromatic rings. The second kappa shape index (κ2) is 7.21. The van der Waals surface area contributed by atoms with Gasteiger partial charge in [-0.3, -0.25) is 14.6 Å². The van der Waals surface area contributed by atoms with Gasteiger partial charge < -0.3 is 10.1 Å². The minimum atomic E-state index is 0.107. The molecule has 4 rings (SSSR count). The zero-order chi connectivity index (χ0) is 19.0. The number of aromatic nitrogens is 5. The summed E-state index contributed by atoms with van der Waals surface area (Å²) in [5.41, 5.74) is 1.67. The summed E-state index contributed by atoms with van der Waals surface area (Å²) in [6.07, 6.45) is 5.43. The van der Waals surface area contributed by atoms with Gasteiger partial charge in [0.15, 0.2) is 11.5 Å². The van der Waals surface area contributed by atoms with Crippen LogP contribution >= 0.6 is 0 Å². The van der Waals surface area contributed by atoms with Crippen molar-refractivity contribution in [3.8, 4) is 11.4 Å². The number of nitrogens with zero attached hydrogens (tertiary/aromatic N) is 6. The van der Waals surface area contributed by atoms with Crippen LogP contribution < -0.4 is 5.32 Å². The molecule has 1 N–H and O–H groups in total. The van der Waals surface area contributed by atoms with Crippen molar-refractivity contribution in [3.63, 3.8) is 0 Å². The standard InChI is InChI=1S/C19H25N7O/c1-12(2)26-10-15(16(11-26)27-4)22-18-14-9-21-25(3)19(14)24-17(23-18)13-6-5-7-20-8-13/h5-9,12,15-16H,10-11H2,1-4H3,(H,22,23,24)/t15-,16-/m1/s1. The quantitative estimate of drug-likeness (QED) is 0.738. The van der Waals surface area contributed by atoms with Crippen LogP contribution in [0.25, 0.3) is 22.4 Å². The van der Waals surface area contributed by atoms with Crippen molar-refractivity contribution in [2.75, 3.05) is 25.5 Å². The predicted octanol–water partition coefficient (Wildman–Crippen LogP) is 1.94. The molecule has 8 nitrogen and oxygen atoms in total. The molecule has 0 amide bonds. The third-order valence-electron chi connectivity index (χ3n) is 5.16. The number of rotatable bonds is 5. The highest BCUT2D eigenvalue weighted by Gasteiger charge is 2.34. The van der Waals surface area contributed by atoms with Gasteiger partial charge in [-0.05, 0) is 26.0 Å². The Morgan fingerprint density at radius 3 is 2.78 bits per heavy atom. The number of methoxy groups -OCH3 is 1. The molecule has 1 aliphatic heterocycles. The number of nitrogens with one attached hydrogen (secondary N) is 1. The maximum absolute atomic E-state index is 5.73. The molecule has 27 heavy (non-hydrogen) atoms. The lowest BCUT2D eigenvalue weighted by Crippen LogP contribution is -2.34. The molecule has 0 bridgehead atoms. The van der Waals surface area contributed by atoms with Crippen LogP contribution in [0.5, 0.6) is 0 Å². The Bertz CT molecular complexity index is 924. The monoisotopic (exact) mass is 367 g/mol. The number of ether oxygens (including phenoxy) is 1. The predicted molar refractivity (Wildman–Crippen MR) is 104 cm³/mol. The topological polar surface area (TPSA) is 81.0 Å². The lowest BCUT2D eigenvalue weighted by atomic mass is 10.2. The molecule has 1 saturated heterocycles. The molecular formula is C19H25N7O. The Morgan fingerprint density at radius 2 is 2.07 bits per heavy atom. The van der Waals surface area contributed by atoms with Crippen LogP contribution in [0.2, 0.25) is 0 Å². The number of anilines is 1. The van der Waals surface area contributed by atoms with Gasteiger partial charge in [-0.25, -0.2) is 9.97 Å². The summed E-state index contributed by atoms with van der Waals surface area (Å²) in [4.78, 5) is 16.1. The van der Waals surface area contributed by atoms with Crippen molar-refractivity contribution >= 4 is 16.9 Å². The largest absolute Gasteiger partial charge is 0.378 e. The number of hydrogen-bond acceptors (Lipinski definition) is 7. The minimum Gasteiger partial charge on any atom is -0.378 e. The summed E-state index contributed by atoms with van der Waals surface area (Å²) in [6, 6.07) is 4.47. The second-order valence-electron chi connectivity index (χ2n) is 7.22. The van der Waals surface area contributed by atoms with Crippen molar-refractivity contribution in [2.24, 2.45) is 7.05 Å². The van der Waals surface area contributed by atoms with E-state index in [-0.39, 0.29) is 12.1 Å². The van der Waals surface area contributed by atoms with Crippen molar-refractivity contribution in [3.05, 3.63) is 30.7 Å². The summed E-state index contributed by atoms with van der Waals surface area (Å²) in [6.45, 7) is 6.23. The number of pyridine rings is 1. The number of fused-ring (bicyclic) bond motifs is 1. The number of likely N-dealkylation sites (tertiary alicyclic amines) is 1. The Kier molecular flexibility index (Phi) is 4.75. The fourth-order valence-corrected chi connectivity index (χ4v) is 3.53. The third kappa shape index (κ3) is 3.38. The molecule has 0 saturated carbocycles. The molecule has 142 valence electrons. The van der Waals surface area contributed by atoms with E-state index in [9.17, 15) is 0 Å². The molecule has 4 heterocycles. The second-order valence-corrected chi connectivity index (χ2v) is 7.22. The summed E-state index contributed by atoms with van der Waals surface area (Å²) in [5, 5.41) is 8.87. The number of hydrogen-bond donors (Lipinski definition) is 1. The van der Waals surface area contributed by atoms with Crippen LogP contribution in [-0.4, -0.2) is 68.0 Å². The molecule has 0 radical (unpaired) electrons. The van der Waals surface area contributed by atoms with E-state index in [2.05, 4.69) is 34.1 Å². The molecule has 0 aliphatic carbocycles. The van der Waals surface area contributed by atoms with Gasteiger partial charge in [0.2, 0.25) is 0 Å². The van der Waals surface area contributed by atoms with Crippen LogP contribution in [0, 0.1) is 0 Å². The van der Waals surface area contributed by atoms with E-state index in [4.69, 9.17) is 14.7 Å². The summed E-state index contributed by atoms with van der Waals surface area (Å²) in [7, 11) is 3.66. The van der Waals surface area contributed by atoms with Gasteiger partial charge in [0.25, 0.3) is 0 Å². The van der Waals surface area contributed by atoms with Gasteiger partial charge in [-0.2, -0.15) is 5.10 Å². The Balaban J connectivity index is 1.72. The lowest BCUT2D eigenvalue weighted by Gasteiger charge is -2.20. The van der Waals surface area contributed by atoms with E-state index in [0.717, 1.165) is 35.5 Å². The van der Waals surface area contributed by atoms with Crippen LogP contribution in [0.15, 0.2) is 30.7 Å². The van der Waals surface area contributed by atoms with Crippen LogP contribution in [-0.2, 0) is 11.8 Å². The molecule has 2 atom stereocenters. The molecule has 3 aromatic heterocycles. The Morgan fingerprint density at radius 1 is 1.22 bits per heavy atom. The normalized spacial score (nSPS) is 20.6. The molecule has 0 unspecified atom stereocenters. The average Bonchev–Trinajstić information content (AvgIpc) is 3.26. The summed E-state index contributed by atoms with van der Waals surface area (Å²) >= 11 is 0. The summed E-state index contributed by atoms with van der Waals surface area (Å²) in [5.74, 6) is 1.42. The highest BCUT2D eigenvalue weighted by Crippen LogP contribution is 2.27. The van der Waals surface area contributed by atoms with Crippen molar-refractivity contribution in [1.29, 1.82) is 0 Å². The highest BCUT2D eigenvalue weighted by molar-refractivity contribution is 5.88. The first-order valence-electron chi connectivity index (χ1n) is 9.20. The maximum Gasteiger partial charge on any atom is 0.165 e. The van der Waals surface area contributed by atoms with Gasteiger partial charge in [-0.1, -0.05) is 0 Å². The minimum absolute atomic E-state index is 0.107. The van der Waals surface area contributed by atoms with Crippen LogP contribution in [0.1, 0.15) is 13.8 Å². The van der Waals surface area contributed by atoms with Gasteiger partial charge in [-0.15, -0.1) is 0 Å². The van der Waals surface area contributed by atoms with E-state index in [1.165, 1.54) is 0 Å². The zero-order valence-corrected chi connectivity index (χ0v) is 16.1. The zero-order valence-electron chi connectivity index (χ0n) is 16.1. The number of aryl methyl sites for hydroxylation is 1. The highest BCUT2D eigenvalue weighted by atomic mass is 16.5. The molecule has 1 aliphatic rings. The van der Waals surface area contributed by atoms with Crippen LogP contribution in [0.3, 0.4) is 0 Å². The van der Waals surface area contributed by atoms with Gasteiger partial charge in [0.05, 0.1) is 23.7 Å². The van der Waals surface area contributed by atoms with Gasteiger partial charge >= 0.3 is 0 Å². The molecule has 1 fully saturated rings. The van der Waals surface area contributed by atoms with E-state index < -0.39 is 0 Å². The molecule has 0 spiro atoms. The molecule has 0 aromatic carbocycles. The maximum atomic E-state index is 5.73.